The summed E-state index contributed by atoms with van der Waals surface area (Å²) < 4.78 is 5.54. The number of nitrogens with zero attached hydrogens (tertiary/aromatic N) is 2. The maximum Gasteiger partial charge on any atom is 0.269 e. The molecule has 3 aromatic carbocycles. The van der Waals surface area contributed by atoms with Crippen LogP contribution >= 0.6 is 0 Å². The second kappa shape index (κ2) is 17.8. The fourth-order valence-corrected chi connectivity index (χ4v) is 6.97. The van der Waals surface area contributed by atoms with Crippen LogP contribution in [-0.2, 0) is 30.4 Å². The molecule has 2 aliphatic heterocycles. The normalized spacial score (nSPS) is 17.1. The van der Waals surface area contributed by atoms with Crippen LogP contribution in [0.1, 0.15) is 79.5 Å². The molecule has 2 atom stereocenters. The number of aromatic hydroxyl groups is 1. The van der Waals surface area contributed by atoms with Crippen molar-refractivity contribution in [1.82, 2.24) is 31.1 Å². The van der Waals surface area contributed by atoms with E-state index >= 15 is 0 Å². The zero-order valence-corrected chi connectivity index (χ0v) is 31.8. The summed E-state index contributed by atoms with van der Waals surface area (Å²) >= 11 is 0. The number of imide groups is 2. The standard InChI is InChI=1S/C41H41N7O11/c1-47(39(56)25-11-9-23(19-31(25)50)30(49)20-27(42)37(54)45-28-12-10-22-5-2-3-6-24(22)28)18-17-44-33(51)15-16-43-35(53)21-59-32-8-4-7-26-36(32)41(58)48(40(26)57)29-13-14-34(52)46-38(29)55/h2-9,11,19-20,28-29,42,49-50H,10,12-18,21H2,1H3,(H,43,53)(H,44,51)(H,45,54)(H,46,52,55)/b30-20-,42-27?/t28-,29?/m1/s1. The Balaban J connectivity index is 0.904. The second-order valence-corrected chi connectivity index (χ2v) is 14.0. The number of aliphatic hydroxyl groups excluding tert-OH is 1. The quantitative estimate of drug-likeness (QED) is 0.0654. The number of rotatable bonds is 15. The van der Waals surface area contributed by atoms with Crippen molar-refractivity contribution in [3.05, 3.63) is 100 Å². The van der Waals surface area contributed by atoms with Crippen molar-refractivity contribution in [3.8, 4) is 11.5 Å². The Bertz CT molecular complexity index is 2310. The number of hydrogen-bond acceptors (Lipinski definition) is 12. The van der Waals surface area contributed by atoms with Crippen LogP contribution in [0.3, 0.4) is 0 Å². The lowest BCUT2D eigenvalue weighted by Gasteiger charge is -2.27. The average molecular weight is 808 g/mol. The lowest BCUT2D eigenvalue weighted by Crippen LogP contribution is -2.54. The van der Waals surface area contributed by atoms with Crippen LogP contribution in [0.5, 0.6) is 11.5 Å². The Morgan fingerprint density at radius 3 is 2.47 bits per heavy atom. The van der Waals surface area contributed by atoms with Crippen molar-refractivity contribution in [3.63, 3.8) is 0 Å². The number of ether oxygens (including phenoxy) is 1. The van der Waals surface area contributed by atoms with Gasteiger partial charge in [0.2, 0.25) is 17.7 Å². The largest absolute Gasteiger partial charge is 0.507 e. The van der Waals surface area contributed by atoms with Crippen LogP contribution in [0.4, 0.5) is 0 Å². The van der Waals surface area contributed by atoms with Gasteiger partial charge in [-0.05, 0) is 54.7 Å². The molecule has 1 aliphatic carbocycles. The van der Waals surface area contributed by atoms with Gasteiger partial charge in [0.1, 0.15) is 29.0 Å². The third kappa shape index (κ3) is 9.27. The molecule has 2 heterocycles. The van der Waals surface area contributed by atoms with Crippen molar-refractivity contribution in [2.45, 2.75) is 44.2 Å². The minimum Gasteiger partial charge on any atom is -0.507 e. The predicted molar refractivity (Wildman–Crippen MR) is 208 cm³/mol. The van der Waals surface area contributed by atoms with E-state index in [2.05, 4.69) is 21.3 Å². The van der Waals surface area contributed by atoms with E-state index in [9.17, 15) is 48.6 Å². The molecule has 1 saturated heterocycles. The summed E-state index contributed by atoms with van der Waals surface area (Å²) in [4.78, 5) is 103. The lowest BCUT2D eigenvalue weighted by atomic mass is 10.0. The fraction of sp³-hybridized carbons (Fsp3) is 0.293. The van der Waals surface area contributed by atoms with Crippen LogP contribution in [-0.4, -0.2) is 112 Å². The first-order valence-corrected chi connectivity index (χ1v) is 18.7. The first-order valence-electron chi connectivity index (χ1n) is 18.7. The maximum atomic E-state index is 13.2. The van der Waals surface area contributed by atoms with Gasteiger partial charge in [-0.25, -0.2) is 0 Å². The first kappa shape index (κ1) is 41.3. The van der Waals surface area contributed by atoms with E-state index < -0.39 is 77.1 Å². The van der Waals surface area contributed by atoms with E-state index in [4.69, 9.17) is 10.1 Å². The summed E-state index contributed by atoms with van der Waals surface area (Å²) in [7, 11) is 1.46. The number of carbonyl (C=O) groups is 8. The number of phenolic OH excluding ortho intramolecular Hbond substituents is 1. The highest BCUT2D eigenvalue weighted by atomic mass is 16.5. The summed E-state index contributed by atoms with van der Waals surface area (Å²) in [5.41, 5.74) is 1.50. The predicted octanol–water partition coefficient (Wildman–Crippen LogP) is 1.29. The number of fused-ring (bicyclic) bond motifs is 2. The number of aliphatic hydroxyl groups is 1. The van der Waals surface area contributed by atoms with Crippen LogP contribution in [0.25, 0.3) is 5.76 Å². The highest BCUT2D eigenvalue weighted by Crippen LogP contribution is 2.34. The zero-order chi connectivity index (χ0) is 42.4. The third-order valence-corrected chi connectivity index (χ3v) is 10.1. The molecule has 0 saturated carbocycles. The molecule has 8 amide bonds. The van der Waals surface area contributed by atoms with Gasteiger partial charge < -0.3 is 35.8 Å². The van der Waals surface area contributed by atoms with Crippen molar-refractivity contribution in [2.24, 2.45) is 0 Å². The molecule has 0 aromatic heterocycles. The molecular formula is C41H41N7O11. The van der Waals surface area contributed by atoms with Crippen LogP contribution in [0.2, 0.25) is 0 Å². The van der Waals surface area contributed by atoms with Crippen molar-refractivity contribution < 1.29 is 53.3 Å². The smallest absolute Gasteiger partial charge is 0.269 e. The number of piperidine rings is 1. The summed E-state index contributed by atoms with van der Waals surface area (Å²) in [6, 6.07) is 14.3. The monoisotopic (exact) mass is 807 g/mol. The number of aryl methyl sites for hydroxylation is 1. The summed E-state index contributed by atoms with van der Waals surface area (Å²) in [5.74, 6) is -6.04. The molecule has 0 spiro atoms. The van der Waals surface area contributed by atoms with Gasteiger partial charge in [-0.3, -0.25) is 54.0 Å². The van der Waals surface area contributed by atoms with Gasteiger partial charge in [0.05, 0.1) is 22.7 Å². The number of likely N-dealkylation sites (N-methyl/N-ethyl adjacent to an activating group) is 1. The topological polar surface area (TPSA) is 265 Å². The summed E-state index contributed by atoms with van der Waals surface area (Å²) in [6.07, 6.45) is 2.30. The Morgan fingerprint density at radius 1 is 0.949 bits per heavy atom. The van der Waals surface area contributed by atoms with E-state index in [1.54, 1.807) is 0 Å². The van der Waals surface area contributed by atoms with Crippen LogP contribution < -0.4 is 26.0 Å². The number of phenols is 1. The minimum absolute atomic E-state index is 0.00681. The second-order valence-electron chi connectivity index (χ2n) is 14.0. The van der Waals surface area contributed by atoms with Gasteiger partial charge in [-0.2, -0.15) is 0 Å². The first-order chi connectivity index (χ1) is 28.2. The molecule has 3 aliphatic rings. The molecule has 18 nitrogen and oxygen atoms in total. The molecular weight excluding hydrogens is 766 g/mol. The molecule has 6 rings (SSSR count). The van der Waals surface area contributed by atoms with Gasteiger partial charge in [0, 0.05) is 51.2 Å². The van der Waals surface area contributed by atoms with Crippen LogP contribution in [0.15, 0.2) is 66.7 Å². The summed E-state index contributed by atoms with van der Waals surface area (Å²) in [6.45, 7) is -0.528. The minimum atomic E-state index is -1.16. The van der Waals surface area contributed by atoms with E-state index in [0.717, 1.165) is 34.6 Å². The molecule has 0 bridgehead atoms. The average Bonchev–Trinajstić information content (AvgIpc) is 3.73. The Hall–Kier alpha value is -7.37. The highest BCUT2D eigenvalue weighted by Gasteiger charge is 2.46. The van der Waals surface area contributed by atoms with Gasteiger partial charge in [0.15, 0.2) is 6.61 Å². The summed E-state index contributed by atoms with van der Waals surface area (Å²) in [5, 5.41) is 39.4. The van der Waals surface area contributed by atoms with E-state index in [-0.39, 0.29) is 72.9 Å². The van der Waals surface area contributed by atoms with E-state index in [1.165, 1.54) is 42.3 Å². The Morgan fingerprint density at radius 2 is 1.71 bits per heavy atom. The highest BCUT2D eigenvalue weighted by molar-refractivity contribution is 6.43. The number of hydrogen-bond donors (Lipinski definition) is 7. The third-order valence-electron chi connectivity index (χ3n) is 10.1. The van der Waals surface area contributed by atoms with Crippen molar-refractivity contribution >= 4 is 58.7 Å². The van der Waals surface area contributed by atoms with Gasteiger partial charge >= 0.3 is 0 Å². The van der Waals surface area contributed by atoms with Crippen LogP contribution in [0, 0.1) is 5.41 Å². The van der Waals surface area contributed by atoms with Gasteiger partial charge in [-0.15, -0.1) is 0 Å². The Kier molecular flexibility index (Phi) is 12.5. The van der Waals surface area contributed by atoms with Gasteiger partial charge in [0.25, 0.3) is 29.5 Å². The molecule has 0 radical (unpaired) electrons. The lowest BCUT2D eigenvalue weighted by molar-refractivity contribution is -0.136. The van der Waals surface area contributed by atoms with Crippen molar-refractivity contribution in [1.29, 1.82) is 5.41 Å². The fourth-order valence-electron chi connectivity index (χ4n) is 6.97. The van der Waals surface area contributed by atoms with E-state index in [0.29, 0.717) is 6.42 Å². The molecule has 7 N–H and O–H groups in total. The zero-order valence-electron chi connectivity index (χ0n) is 31.8. The molecule has 59 heavy (non-hydrogen) atoms. The molecule has 306 valence electrons. The SMILES string of the molecule is CN(CCNC(=O)CCNC(=O)COc1cccc2c1C(=O)N(C1CCC(=O)NC1=O)C2=O)C(=O)c1ccc(/C(O)=C/C(=N)C(=O)N[C@@H]2CCc3ccccc32)cc1O. The molecule has 1 unspecified atom stereocenters. The molecule has 1 fully saturated rings. The number of nitrogens with one attached hydrogen (secondary N) is 5. The molecule has 18 heteroatoms. The Labute approximate surface area is 337 Å². The number of carbonyl (C=O) groups excluding carboxylic acids is 8. The number of amides is 8. The number of benzene rings is 3. The van der Waals surface area contributed by atoms with Gasteiger partial charge in [-0.1, -0.05) is 36.4 Å². The van der Waals surface area contributed by atoms with Crippen molar-refractivity contribution in [2.75, 3.05) is 33.3 Å². The molecule has 3 aromatic rings. The maximum absolute atomic E-state index is 13.2. The van der Waals surface area contributed by atoms with E-state index in [1.807, 2.05) is 24.3 Å².